The van der Waals surface area contributed by atoms with Gasteiger partial charge in [0.2, 0.25) is 5.79 Å². The van der Waals surface area contributed by atoms with Gasteiger partial charge in [-0.15, -0.1) is 0 Å². The molecule has 0 aliphatic carbocycles. The Balaban J connectivity index is 2.11. The zero-order chi connectivity index (χ0) is 14.8. The fourth-order valence-electron chi connectivity index (χ4n) is 2.03. The summed E-state index contributed by atoms with van der Waals surface area (Å²) < 4.78 is 15.6. The number of methoxy groups -OCH3 is 1. The zero-order valence-electron chi connectivity index (χ0n) is 11.8. The Morgan fingerprint density at radius 1 is 1.35 bits per heavy atom. The first-order chi connectivity index (χ1) is 9.39. The highest BCUT2D eigenvalue weighted by atomic mass is 16.7. The predicted molar refractivity (Wildman–Crippen MR) is 71.9 cm³/mol. The Kier molecular flexibility index (Phi) is 3.99. The van der Waals surface area contributed by atoms with Gasteiger partial charge >= 0.3 is 5.97 Å². The van der Waals surface area contributed by atoms with Crippen LogP contribution in [0.3, 0.4) is 0 Å². The average molecular weight is 278 g/mol. The first-order valence-electron chi connectivity index (χ1n) is 6.34. The van der Waals surface area contributed by atoms with Crippen LogP contribution in [0.4, 0.5) is 0 Å². The molecule has 1 aromatic carbocycles. The van der Waals surface area contributed by atoms with Crippen LogP contribution in [0.2, 0.25) is 0 Å². The summed E-state index contributed by atoms with van der Waals surface area (Å²) in [5.74, 6) is -0.398. The lowest BCUT2D eigenvalue weighted by Crippen LogP contribution is -2.34. The molecule has 0 saturated heterocycles. The minimum atomic E-state index is -1.00. The number of carbonyl (C=O) groups is 1. The van der Waals surface area contributed by atoms with E-state index in [1.54, 1.807) is 45.2 Å². The lowest BCUT2D eigenvalue weighted by atomic mass is 10.0. The second kappa shape index (κ2) is 5.54. The Morgan fingerprint density at radius 2 is 2.10 bits per heavy atom. The maximum Gasteiger partial charge on any atom is 0.337 e. The Morgan fingerprint density at radius 3 is 2.75 bits per heavy atom. The third-order valence-electron chi connectivity index (χ3n) is 2.88. The number of carbonyl (C=O) groups excluding carboxylic acids is 1. The third-order valence-corrected chi connectivity index (χ3v) is 2.88. The van der Waals surface area contributed by atoms with E-state index in [9.17, 15) is 9.90 Å². The largest absolute Gasteiger partial charge is 0.497 e. The molecule has 1 aromatic rings. The highest BCUT2D eigenvalue weighted by Gasteiger charge is 2.30. The van der Waals surface area contributed by atoms with Gasteiger partial charge in [0.1, 0.15) is 11.5 Å². The van der Waals surface area contributed by atoms with Crippen molar-refractivity contribution in [1.82, 2.24) is 0 Å². The SMILES string of the molecule is COc1cccc(C(O)CC2=CC(=O)OC(C)(C)O2)c1. The summed E-state index contributed by atoms with van der Waals surface area (Å²) in [5, 5.41) is 10.2. The molecule has 1 aliphatic rings. The van der Waals surface area contributed by atoms with Gasteiger partial charge in [-0.1, -0.05) is 12.1 Å². The highest BCUT2D eigenvalue weighted by Crippen LogP contribution is 2.29. The maximum atomic E-state index is 11.4. The monoisotopic (exact) mass is 278 g/mol. The molecule has 1 heterocycles. The van der Waals surface area contributed by atoms with Crippen molar-refractivity contribution in [1.29, 1.82) is 0 Å². The number of aliphatic hydroxyl groups is 1. The van der Waals surface area contributed by atoms with Crippen LogP contribution >= 0.6 is 0 Å². The third kappa shape index (κ3) is 3.51. The molecule has 1 unspecified atom stereocenters. The molecule has 1 aliphatic heterocycles. The van der Waals surface area contributed by atoms with Gasteiger partial charge in [0.15, 0.2) is 0 Å². The first-order valence-corrected chi connectivity index (χ1v) is 6.34. The van der Waals surface area contributed by atoms with Gasteiger partial charge in [0.25, 0.3) is 0 Å². The molecule has 2 rings (SSSR count). The molecule has 0 bridgehead atoms. The summed E-state index contributed by atoms with van der Waals surface area (Å²) in [7, 11) is 1.57. The quantitative estimate of drug-likeness (QED) is 0.856. The van der Waals surface area contributed by atoms with E-state index in [4.69, 9.17) is 14.2 Å². The van der Waals surface area contributed by atoms with Crippen molar-refractivity contribution in [3.63, 3.8) is 0 Å². The highest BCUT2D eigenvalue weighted by molar-refractivity contribution is 5.83. The lowest BCUT2D eigenvalue weighted by molar-refractivity contribution is -0.206. The molecule has 1 atom stereocenters. The number of hydrogen-bond donors (Lipinski definition) is 1. The number of ether oxygens (including phenoxy) is 3. The average Bonchev–Trinajstić information content (AvgIpc) is 2.36. The second-order valence-corrected chi connectivity index (χ2v) is 5.03. The summed E-state index contributed by atoms with van der Waals surface area (Å²) in [6, 6.07) is 7.14. The molecule has 0 amide bonds. The van der Waals surface area contributed by atoms with Crippen LogP contribution in [0.5, 0.6) is 5.75 Å². The van der Waals surface area contributed by atoms with Crippen molar-refractivity contribution in [2.45, 2.75) is 32.2 Å². The van der Waals surface area contributed by atoms with Gasteiger partial charge in [0, 0.05) is 20.3 Å². The Labute approximate surface area is 117 Å². The van der Waals surface area contributed by atoms with Gasteiger partial charge in [-0.25, -0.2) is 4.79 Å². The van der Waals surface area contributed by atoms with Crippen molar-refractivity contribution >= 4 is 5.97 Å². The van der Waals surface area contributed by atoms with Gasteiger partial charge in [-0.3, -0.25) is 0 Å². The van der Waals surface area contributed by atoms with Crippen LogP contribution in [0.15, 0.2) is 36.1 Å². The predicted octanol–water partition coefficient (Wildman–Crippen LogP) is 2.31. The van der Waals surface area contributed by atoms with E-state index in [-0.39, 0.29) is 6.42 Å². The van der Waals surface area contributed by atoms with Crippen LogP contribution in [-0.4, -0.2) is 24.0 Å². The molecule has 5 nitrogen and oxygen atoms in total. The molecule has 20 heavy (non-hydrogen) atoms. The van der Waals surface area contributed by atoms with Gasteiger partial charge < -0.3 is 19.3 Å². The van der Waals surface area contributed by atoms with E-state index in [1.165, 1.54) is 6.08 Å². The van der Waals surface area contributed by atoms with Gasteiger partial charge in [-0.05, 0) is 17.7 Å². The second-order valence-electron chi connectivity index (χ2n) is 5.03. The molecule has 0 aromatic heterocycles. The Hall–Kier alpha value is -2.01. The lowest BCUT2D eigenvalue weighted by Gasteiger charge is -2.31. The summed E-state index contributed by atoms with van der Waals surface area (Å²) in [4.78, 5) is 11.4. The fourth-order valence-corrected chi connectivity index (χ4v) is 2.03. The van der Waals surface area contributed by atoms with Crippen molar-refractivity contribution in [2.75, 3.05) is 7.11 Å². The van der Waals surface area contributed by atoms with E-state index >= 15 is 0 Å². The summed E-state index contributed by atoms with van der Waals surface area (Å²) >= 11 is 0. The number of esters is 1. The normalized spacial score (nSPS) is 18.6. The first kappa shape index (κ1) is 14.4. The molecule has 1 N–H and O–H groups in total. The zero-order valence-corrected chi connectivity index (χ0v) is 11.8. The van der Waals surface area contributed by atoms with Crippen LogP contribution in [0.25, 0.3) is 0 Å². The van der Waals surface area contributed by atoms with Crippen molar-refractivity contribution in [3.8, 4) is 5.75 Å². The molecule has 0 saturated carbocycles. The molecular formula is C15H18O5. The van der Waals surface area contributed by atoms with E-state index in [0.717, 1.165) is 0 Å². The summed E-state index contributed by atoms with van der Waals surface area (Å²) in [6.45, 7) is 3.30. The molecule has 0 spiro atoms. The minimum absolute atomic E-state index is 0.200. The van der Waals surface area contributed by atoms with E-state index < -0.39 is 17.9 Å². The summed E-state index contributed by atoms with van der Waals surface area (Å²) in [6.07, 6.45) is 0.679. The number of hydrogen-bond acceptors (Lipinski definition) is 5. The number of aliphatic hydroxyl groups excluding tert-OH is 1. The van der Waals surface area contributed by atoms with Crippen LogP contribution in [0, 0.1) is 0 Å². The minimum Gasteiger partial charge on any atom is -0.497 e. The Bertz CT molecular complexity index is 533. The van der Waals surface area contributed by atoms with Crippen molar-refractivity contribution in [3.05, 3.63) is 41.7 Å². The fraction of sp³-hybridized carbons (Fsp3) is 0.400. The topological polar surface area (TPSA) is 65.0 Å². The van der Waals surface area contributed by atoms with E-state index in [0.29, 0.717) is 17.1 Å². The van der Waals surface area contributed by atoms with Crippen molar-refractivity contribution < 1.29 is 24.1 Å². The molecule has 5 heteroatoms. The number of benzene rings is 1. The maximum absolute atomic E-state index is 11.4. The van der Waals surface area contributed by atoms with Gasteiger partial charge in [-0.2, -0.15) is 0 Å². The van der Waals surface area contributed by atoms with E-state index in [1.807, 2.05) is 0 Å². The van der Waals surface area contributed by atoms with Crippen LogP contribution in [-0.2, 0) is 14.3 Å². The van der Waals surface area contributed by atoms with Gasteiger partial charge in [0.05, 0.1) is 19.3 Å². The van der Waals surface area contributed by atoms with Crippen molar-refractivity contribution in [2.24, 2.45) is 0 Å². The standard InChI is InChI=1S/C15H18O5/c1-15(2)19-12(9-14(17)20-15)8-13(16)10-5-4-6-11(7-10)18-3/h4-7,9,13,16H,8H2,1-3H3. The molecular weight excluding hydrogens is 260 g/mol. The van der Waals surface area contributed by atoms with Crippen LogP contribution < -0.4 is 4.74 Å². The molecule has 0 radical (unpaired) electrons. The van der Waals surface area contributed by atoms with Crippen LogP contribution in [0.1, 0.15) is 31.9 Å². The van der Waals surface area contributed by atoms with E-state index in [2.05, 4.69) is 0 Å². The number of rotatable bonds is 4. The number of cyclic esters (lactones) is 1. The molecule has 108 valence electrons. The smallest absolute Gasteiger partial charge is 0.337 e. The molecule has 0 fully saturated rings. The summed E-state index contributed by atoms with van der Waals surface area (Å²) in [5.41, 5.74) is 0.700.